The number of aliphatic hydroxyl groups excluding tert-OH is 1. The van der Waals surface area contributed by atoms with E-state index in [0.717, 1.165) is 23.5 Å². The Morgan fingerprint density at radius 3 is 2.83 bits per heavy atom. The number of anilines is 1. The van der Waals surface area contributed by atoms with Gasteiger partial charge in [-0.05, 0) is 18.6 Å². The quantitative estimate of drug-likeness (QED) is 0.872. The fourth-order valence-electron chi connectivity index (χ4n) is 2.41. The highest BCUT2D eigenvalue weighted by Crippen LogP contribution is 2.31. The Hall–Kier alpha value is -1.93. The minimum atomic E-state index is -4.49. The van der Waals surface area contributed by atoms with Crippen molar-refractivity contribution in [2.24, 2.45) is 0 Å². The molecule has 23 heavy (non-hydrogen) atoms. The maximum absolute atomic E-state index is 12.7. The molecule has 1 aliphatic heterocycles. The largest absolute Gasteiger partial charge is 0.416 e. The van der Waals surface area contributed by atoms with E-state index in [2.05, 4.69) is 4.98 Å². The van der Waals surface area contributed by atoms with E-state index in [4.69, 9.17) is 0 Å². The van der Waals surface area contributed by atoms with Crippen LogP contribution in [0, 0.1) is 0 Å². The molecule has 0 unspecified atom stereocenters. The standard InChI is InChI=1S/C15H13F3N2O2S/c16-15(17,18)10-3-1-2-9(6-10)13(22)12-7-19-14(23-12)20-5-4-11(21)8-20/h1-3,6-7,11,21H,4-5,8H2/t11-/m1/s1. The summed E-state index contributed by atoms with van der Waals surface area (Å²) >= 11 is 1.12. The second-order valence-corrected chi connectivity index (χ2v) is 6.31. The van der Waals surface area contributed by atoms with Crippen molar-refractivity contribution in [3.63, 3.8) is 0 Å². The molecule has 1 aromatic heterocycles. The number of nitrogens with zero attached hydrogens (tertiary/aromatic N) is 2. The Morgan fingerprint density at radius 1 is 1.39 bits per heavy atom. The van der Waals surface area contributed by atoms with Gasteiger partial charge in [-0.25, -0.2) is 4.98 Å². The van der Waals surface area contributed by atoms with Crippen LogP contribution in [0.5, 0.6) is 0 Å². The van der Waals surface area contributed by atoms with Crippen LogP contribution in [0.25, 0.3) is 0 Å². The summed E-state index contributed by atoms with van der Waals surface area (Å²) in [6.45, 7) is 1.09. The molecule has 1 saturated heterocycles. The summed E-state index contributed by atoms with van der Waals surface area (Å²) in [6, 6.07) is 4.35. The third-order valence-electron chi connectivity index (χ3n) is 3.60. The highest BCUT2D eigenvalue weighted by atomic mass is 32.1. The first-order valence-corrected chi connectivity index (χ1v) is 7.77. The van der Waals surface area contributed by atoms with Gasteiger partial charge in [0.1, 0.15) is 0 Å². The fraction of sp³-hybridized carbons (Fsp3) is 0.333. The van der Waals surface area contributed by atoms with Crippen molar-refractivity contribution in [3.05, 3.63) is 46.5 Å². The molecule has 2 heterocycles. The van der Waals surface area contributed by atoms with Crippen molar-refractivity contribution < 1.29 is 23.1 Å². The average molecular weight is 342 g/mol. The van der Waals surface area contributed by atoms with Gasteiger partial charge in [0.2, 0.25) is 5.78 Å². The van der Waals surface area contributed by atoms with Gasteiger partial charge >= 0.3 is 6.18 Å². The van der Waals surface area contributed by atoms with Crippen molar-refractivity contribution in [2.45, 2.75) is 18.7 Å². The zero-order valence-corrected chi connectivity index (χ0v) is 12.7. The fourth-order valence-corrected chi connectivity index (χ4v) is 3.32. The number of hydrogen-bond donors (Lipinski definition) is 1. The molecule has 3 rings (SSSR count). The van der Waals surface area contributed by atoms with Crippen LogP contribution in [0.3, 0.4) is 0 Å². The first-order chi connectivity index (χ1) is 10.8. The van der Waals surface area contributed by atoms with Crippen molar-refractivity contribution in [2.75, 3.05) is 18.0 Å². The number of hydrogen-bond acceptors (Lipinski definition) is 5. The average Bonchev–Trinajstić information content (AvgIpc) is 3.14. The molecule has 2 aromatic rings. The van der Waals surface area contributed by atoms with Crippen LogP contribution in [0.2, 0.25) is 0 Å². The van der Waals surface area contributed by atoms with Crippen LogP contribution in [0.4, 0.5) is 18.3 Å². The van der Waals surface area contributed by atoms with Crippen LogP contribution >= 0.6 is 11.3 Å². The van der Waals surface area contributed by atoms with Crippen molar-refractivity contribution in [3.8, 4) is 0 Å². The lowest BCUT2D eigenvalue weighted by Gasteiger charge is -2.12. The molecule has 122 valence electrons. The molecule has 0 radical (unpaired) electrons. The van der Waals surface area contributed by atoms with Gasteiger partial charge in [0, 0.05) is 18.7 Å². The Kier molecular flexibility index (Phi) is 4.11. The van der Waals surface area contributed by atoms with Gasteiger partial charge < -0.3 is 10.0 Å². The molecular weight excluding hydrogens is 329 g/mol. The summed E-state index contributed by atoms with van der Waals surface area (Å²) in [5.74, 6) is -0.486. The highest BCUT2D eigenvalue weighted by molar-refractivity contribution is 7.17. The summed E-state index contributed by atoms with van der Waals surface area (Å²) in [7, 11) is 0. The maximum Gasteiger partial charge on any atom is 0.416 e. The number of benzene rings is 1. The molecule has 1 aliphatic rings. The Labute approximate surface area is 134 Å². The van der Waals surface area contributed by atoms with E-state index < -0.39 is 23.6 Å². The first-order valence-electron chi connectivity index (χ1n) is 6.95. The number of thiazole rings is 1. The number of carbonyl (C=O) groups is 1. The number of alkyl halides is 3. The summed E-state index contributed by atoms with van der Waals surface area (Å²) < 4.78 is 38.2. The van der Waals surface area contributed by atoms with E-state index in [1.165, 1.54) is 18.3 Å². The van der Waals surface area contributed by atoms with Gasteiger partial charge in [-0.15, -0.1) is 0 Å². The van der Waals surface area contributed by atoms with E-state index in [-0.39, 0.29) is 10.4 Å². The zero-order chi connectivity index (χ0) is 16.6. The predicted octanol–water partition coefficient (Wildman–Crippen LogP) is 2.96. The number of carbonyl (C=O) groups excluding carboxylic acids is 1. The molecule has 4 nitrogen and oxygen atoms in total. The molecule has 0 aliphatic carbocycles. The van der Waals surface area contributed by atoms with Crippen molar-refractivity contribution >= 4 is 22.3 Å². The minimum Gasteiger partial charge on any atom is -0.391 e. The molecule has 1 aromatic carbocycles. The summed E-state index contributed by atoms with van der Waals surface area (Å²) in [6.07, 6.45) is -2.90. The van der Waals surface area contributed by atoms with Gasteiger partial charge in [0.15, 0.2) is 5.13 Å². The SMILES string of the molecule is O=C(c1cccc(C(F)(F)F)c1)c1cnc(N2CC[C@@H](O)C2)s1. The molecule has 0 saturated carbocycles. The Morgan fingerprint density at radius 2 is 2.17 bits per heavy atom. The van der Waals surface area contributed by atoms with Gasteiger partial charge in [-0.2, -0.15) is 13.2 Å². The highest BCUT2D eigenvalue weighted by Gasteiger charge is 2.31. The summed E-state index contributed by atoms with van der Waals surface area (Å²) in [4.78, 5) is 18.6. The van der Waals surface area contributed by atoms with Crippen LogP contribution in [-0.4, -0.2) is 35.1 Å². The number of aromatic nitrogens is 1. The first kappa shape index (κ1) is 15.9. The van der Waals surface area contributed by atoms with E-state index >= 15 is 0 Å². The van der Waals surface area contributed by atoms with Gasteiger partial charge in [0.05, 0.1) is 22.7 Å². The Bertz CT molecular complexity index is 730. The van der Waals surface area contributed by atoms with Crippen molar-refractivity contribution in [1.29, 1.82) is 0 Å². The zero-order valence-electron chi connectivity index (χ0n) is 11.9. The third-order valence-corrected chi connectivity index (χ3v) is 4.66. The second kappa shape index (κ2) is 5.93. The smallest absolute Gasteiger partial charge is 0.391 e. The van der Waals surface area contributed by atoms with E-state index in [0.29, 0.717) is 24.6 Å². The van der Waals surface area contributed by atoms with Crippen LogP contribution in [0.15, 0.2) is 30.5 Å². The number of halogens is 3. The van der Waals surface area contributed by atoms with Gasteiger partial charge in [0.25, 0.3) is 0 Å². The maximum atomic E-state index is 12.7. The monoisotopic (exact) mass is 342 g/mol. The predicted molar refractivity (Wildman–Crippen MR) is 79.8 cm³/mol. The molecule has 1 fully saturated rings. The van der Waals surface area contributed by atoms with Crippen LogP contribution < -0.4 is 4.90 Å². The Balaban J connectivity index is 1.82. The van der Waals surface area contributed by atoms with Crippen LogP contribution in [-0.2, 0) is 6.18 Å². The molecule has 0 spiro atoms. The van der Waals surface area contributed by atoms with Gasteiger partial charge in [-0.1, -0.05) is 23.5 Å². The van der Waals surface area contributed by atoms with E-state index in [1.807, 2.05) is 4.90 Å². The molecule has 0 bridgehead atoms. The number of ketones is 1. The van der Waals surface area contributed by atoms with Gasteiger partial charge in [-0.3, -0.25) is 4.79 Å². The van der Waals surface area contributed by atoms with E-state index in [9.17, 15) is 23.1 Å². The lowest BCUT2D eigenvalue weighted by atomic mass is 10.1. The molecule has 8 heteroatoms. The molecule has 1 N–H and O–H groups in total. The number of rotatable bonds is 3. The van der Waals surface area contributed by atoms with Crippen LogP contribution in [0.1, 0.15) is 27.2 Å². The number of β-amino-alcohol motifs (C(OH)–C–C–N with tert-alkyl or cyclic N) is 1. The summed E-state index contributed by atoms with van der Waals surface area (Å²) in [5, 5.41) is 10.1. The van der Waals surface area contributed by atoms with E-state index in [1.54, 1.807) is 0 Å². The second-order valence-electron chi connectivity index (χ2n) is 5.30. The minimum absolute atomic E-state index is 0.0171. The third kappa shape index (κ3) is 3.37. The van der Waals surface area contributed by atoms with Crippen molar-refractivity contribution in [1.82, 2.24) is 4.98 Å². The lowest BCUT2D eigenvalue weighted by Crippen LogP contribution is -2.20. The molecular formula is C15H13F3N2O2S. The normalized spacial score (nSPS) is 18.4. The number of aliphatic hydroxyl groups is 1. The molecule has 1 atom stereocenters. The summed E-state index contributed by atoms with van der Waals surface area (Å²) in [5.41, 5.74) is -0.868. The molecule has 0 amide bonds. The lowest BCUT2D eigenvalue weighted by molar-refractivity contribution is -0.137. The topological polar surface area (TPSA) is 53.4 Å².